The summed E-state index contributed by atoms with van der Waals surface area (Å²) in [4.78, 5) is 15.1. The Kier molecular flexibility index (Phi) is 5.68. The van der Waals surface area contributed by atoms with E-state index in [9.17, 15) is 4.79 Å². The fourth-order valence-corrected chi connectivity index (χ4v) is 3.86. The summed E-state index contributed by atoms with van der Waals surface area (Å²) in [5.74, 6) is 0.223. The number of rotatable bonds is 4. The molecule has 126 valence electrons. The first-order chi connectivity index (χ1) is 11.2. The number of hydrogen-bond acceptors (Lipinski definition) is 3. The van der Waals surface area contributed by atoms with E-state index in [4.69, 9.17) is 5.73 Å². The number of nitrogens with two attached hydrogens (primary N) is 1. The van der Waals surface area contributed by atoms with E-state index in [2.05, 4.69) is 34.5 Å². The zero-order chi connectivity index (χ0) is 16.1. The summed E-state index contributed by atoms with van der Waals surface area (Å²) in [6.45, 7) is 1.89. The molecule has 3 N–H and O–H groups in total. The van der Waals surface area contributed by atoms with Gasteiger partial charge >= 0.3 is 0 Å². The highest BCUT2D eigenvalue weighted by molar-refractivity contribution is 5.82. The van der Waals surface area contributed by atoms with E-state index in [1.165, 1.54) is 12.0 Å². The molecule has 1 heterocycles. The zero-order valence-electron chi connectivity index (χ0n) is 13.9. The van der Waals surface area contributed by atoms with Crippen molar-refractivity contribution in [3.8, 4) is 0 Å². The van der Waals surface area contributed by atoms with Gasteiger partial charge in [0, 0.05) is 18.6 Å². The molecule has 1 amide bonds. The monoisotopic (exact) mass is 315 g/mol. The molecular formula is C19H29N3O. The lowest BCUT2D eigenvalue weighted by Gasteiger charge is -2.36. The number of amides is 1. The van der Waals surface area contributed by atoms with E-state index in [0.717, 1.165) is 51.6 Å². The predicted molar refractivity (Wildman–Crippen MR) is 92.9 cm³/mol. The maximum atomic E-state index is 12.8. The van der Waals surface area contributed by atoms with E-state index in [1.807, 2.05) is 6.07 Å². The minimum Gasteiger partial charge on any atom is -0.352 e. The maximum Gasteiger partial charge on any atom is 0.237 e. The van der Waals surface area contributed by atoms with Gasteiger partial charge in [0.15, 0.2) is 0 Å². The molecule has 4 nitrogen and oxygen atoms in total. The second-order valence-electron chi connectivity index (χ2n) is 7.09. The van der Waals surface area contributed by atoms with Crippen molar-refractivity contribution in [2.45, 2.75) is 69.6 Å². The second-order valence-corrected chi connectivity index (χ2v) is 7.09. The highest BCUT2D eigenvalue weighted by Crippen LogP contribution is 2.22. The lowest BCUT2D eigenvalue weighted by molar-refractivity contribution is -0.128. The van der Waals surface area contributed by atoms with Crippen LogP contribution in [0.25, 0.3) is 0 Å². The Labute approximate surface area is 139 Å². The number of nitrogens with one attached hydrogen (secondary N) is 1. The molecular weight excluding hydrogens is 286 g/mol. The lowest BCUT2D eigenvalue weighted by Crippen LogP contribution is -2.52. The Bertz CT molecular complexity index is 497. The first kappa shape index (κ1) is 16.5. The molecule has 2 aliphatic rings. The molecule has 4 heteroatoms. The molecule has 1 aliphatic heterocycles. The van der Waals surface area contributed by atoms with Gasteiger partial charge in [-0.3, -0.25) is 9.69 Å². The summed E-state index contributed by atoms with van der Waals surface area (Å²) in [5, 5.41) is 3.29. The summed E-state index contributed by atoms with van der Waals surface area (Å²) in [6.07, 6.45) is 7.43. The number of benzene rings is 1. The molecule has 0 radical (unpaired) electrons. The first-order valence-corrected chi connectivity index (χ1v) is 9.06. The molecule has 0 aromatic heterocycles. The summed E-state index contributed by atoms with van der Waals surface area (Å²) in [6, 6.07) is 11.1. The van der Waals surface area contributed by atoms with Crippen LogP contribution < -0.4 is 11.1 Å². The van der Waals surface area contributed by atoms with Gasteiger partial charge in [0.2, 0.25) is 5.91 Å². The molecule has 1 aliphatic carbocycles. The van der Waals surface area contributed by atoms with Crippen LogP contribution in [-0.4, -0.2) is 35.5 Å². The van der Waals surface area contributed by atoms with Crippen molar-refractivity contribution in [2.75, 3.05) is 6.54 Å². The summed E-state index contributed by atoms with van der Waals surface area (Å²) in [5.41, 5.74) is 7.25. The van der Waals surface area contributed by atoms with Gasteiger partial charge in [-0.25, -0.2) is 0 Å². The van der Waals surface area contributed by atoms with Crippen LogP contribution in [0.15, 0.2) is 30.3 Å². The van der Waals surface area contributed by atoms with Crippen molar-refractivity contribution in [3.05, 3.63) is 35.9 Å². The quantitative estimate of drug-likeness (QED) is 0.897. The third-order valence-electron chi connectivity index (χ3n) is 5.26. The number of nitrogens with zero attached hydrogens (tertiary/aromatic N) is 1. The Morgan fingerprint density at radius 2 is 1.83 bits per heavy atom. The highest BCUT2D eigenvalue weighted by Gasteiger charge is 2.30. The topological polar surface area (TPSA) is 58.4 Å². The molecule has 1 saturated carbocycles. The summed E-state index contributed by atoms with van der Waals surface area (Å²) >= 11 is 0. The van der Waals surface area contributed by atoms with Crippen molar-refractivity contribution in [3.63, 3.8) is 0 Å². The van der Waals surface area contributed by atoms with E-state index < -0.39 is 0 Å². The third-order valence-corrected chi connectivity index (χ3v) is 5.26. The zero-order valence-corrected chi connectivity index (χ0v) is 13.9. The van der Waals surface area contributed by atoms with Gasteiger partial charge in [-0.05, 0) is 50.6 Å². The third kappa shape index (κ3) is 4.55. The minimum absolute atomic E-state index is 0.0274. The van der Waals surface area contributed by atoms with Crippen LogP contribution in [-0.2, 0) is 11.3 Å². The van der Waals surface area contributed by atoms with Crippen molar-refractivity contribution >= 4 is 5.91 Å². The second kappa shape index (κ2) is 7.93. The summed E-state index contributed by atoms with van der Waals surface area (Å²) in [7, 11) is 0. The Hall–Kier alpha value is -1.39. The molecule has 1 saturated heterocycles. The molecule has 1 aromatic carbocycles. The molecule has 1 atom stereocenters. The van der Waals surface area contributed by atoms with Crippen LogP contribution in [0.1, 0.15) is 50.5 Å². The van der Waals surface area contributed by atoms with Gasteiger partial charge in [-0.1, -0.05) is 36.8 Å². The normalized spacial score (nSPS) is 29.2. The molecule has 1 aromatic rings. The average Bonchev–Trinajstić information content (AvgIpc) is 2.58. The number of likely N-dealkylation sites (tertiary alicyclic amines) is 1. The SMILES string of the molecule is NC1CCC(NC(=O)C2CCCCN2Cc2ccccc2)CC1. The van der Waals surface area contributed by atoms with Gasteiger partial charge in [0.25, 0.3) is 0 Å². The van der Waals surface area contributed by atoms with E-state index in [-0.39, 0.29) is 11.9 Å². The van der Waals surface area contributed by atoms with Crippen LogP contribution in [0.2, 0.25) is 0 Å². The number of hydrogen-bond donors (Lipinski definition) is 2. The van der Waals surface area contributed by atoms with Crippen LogP contribution in [0.5, 0.6) is 0 Å². The van der Waals surface area contributed by atoms with Gasteiger partial charge in [0.05, 0.1) is 6.04 Å². The van der Waals surface area contributed by atoms with E-state index >= 15 is 0 Å². The summed E-state index contributed by atoms with van der Waals surface area (Å²) < 4.78 is 0. The molecule has 3 rings (SSSR count). The smallest absolute Gasteiger partial charge is 0.237 e. The van der Waals surface area contributed by atoms with Crippen molar-refractivity contribution < 1.29 is 4.79 Å². The largest absolute Gasteiger partial charge is 0.352 e. The number of carbonyl (C=O) groups is 1. The van der Waals surface area contributed by atoms with Gasteiger partial charge < -0.3 is 11.1 Å². The van der Waals surface area contributed by atoms with Crippen LogP contribution in [0.3, 0.4) is 0 Å². The Morgan fingerprint density at radius 1 is 1.09 bits per heavy atom. The van der Waals surface area contributed by atoms with Crippen molar-refractivity contribution in [1.29, 1.82) is 0 Å². The lowest BCUT2D eigenvalue weighted by atomic mass is 9.91. The molecule has 23 heavy (non-hydrogen) atoms. The fraction of sp³-hybridized carbons (Fsp3) is 0.632. The predicted octanol–water partition coefficient (Wildman–Crippen LogP) is 2.43. The Balaban J connectivity index is 1.58. The van der Waals surface area contributed by atoms with Crippen LogP contribution in [0, 0.1) is 0 Å². The van der Waals surface area contributed by atoms with Gasteiger partial charge in [-0.15, -0.1) is 0 Å². The molecule has 1 unspecified atom stereocenters. The Morgan fingerprint density at radius 3 is 2.57 bits per heavy atom. The standard InChI is InChI=1S/C19H29N3O/c20-16-9-11-17(12-10-16)21-19(23)18-8-4-5-13-22(18)14-15-6-2-1-3-7-15/h1-3,6-7,16-18H,4-5,8-14,20H2,(H,21,23). The van der Waals surface area contributed by atoms with Crippen molar-refractivity contribution in [2.24, 2.45) is 5.73 Å². The first-order valence-electron chi connectivity index (χ1n) is 9.06. The molecule has 0 spiro atoms. The van der Waals surface area contributed by atoms with Gasteiger partial charge in [-0.2, -0.15) is 0 Å². The van der Waals surface area contributed by atoms with Crippen LogP contribution >= 0.6 is 0 Å². The molecule has 2 fully saturated rings. The minimum atomic E-state index is 0.0274. The average molecular weight is 315 g/mol. The van der Waals surface area contributed by atoms with E-state index in [1.54, 1.807) is 0 Å². The maximum absolute atomic E-state index is 12.8. The van der Waals surface area contributed by atoms with Crippen molar-refractivity contribution in [1.82, 2.24) is 10.2 Å². The number of carbonyl (C=O) groups excluding carboxylic acids is 1. The fourth-order valence-electron chi connectivity index (χ4n) is 3.86. The molecule has 0 bridgehead atoms. The van der Waals surface area contributed by atoms with Gasteiger partial charge in [0.1, 0.15) is 0 Å². The van der Waals surface area contributed by atoms with E-state index in [0.29, 0.717) is 12.1 Å². The van der Waals surface area contributed by atoms with Crippen LogP contribution in [0.4, 0.5) is 0 Å². The number of piperidine rings is 1. The highest BCUT2D eigenvalue weighted by atomic mass is 16.2.